The topological polar surface area (TPSA) is 13.1 Å². The predicted octanol–water partition coefficient (Wildman–Crippen LogP) is 3.75. The molecule has 0 unspecified atom stereocenters. The Kier molecular flexibility index (Phi) is 2.16. The van der Waals surface area contributed by atoms with Crippen molar-refractivity contribution in [2.24, 2.45) is 0 Å². The van der Waals surface area contributed by atoms with Gasteiger partial charge in [-0.2, -0.15) is 0 Å². The van der Waals surface area contributed by atoms with Gasteiger partial charge >= 0.3 is 0 Å². The van der Waals surface area contributed by atoms with E-state index >= 15 is 0 Å². The van der Waals surface area contributed by atoms with Gasteiger partial charge in [-0.15, -0.1) is 0 Å². The Morgan fingerprint density at radius 1 is 1.21 bits per heavy atom. The quantitative estimate of drug-likeness (QED) is 0.659. The van der Waals surface area contributed by atoms with Gasteiger partial charge in [-0.05, 0) is 43.5 Å². The molecule has 2 rings (SSSR count). The van der Waals surface area contributed by atoms with E-state index in [1.807, 2.05) is 12.1 Å². The van der Waals surface area contributed by atoms with E-state index in [9.17, 15) is 0 Å². The van der Waals surface area contributed by atoms with Crippen LogP contribution in [0.25, 0.3) is 11.3 Å². The molecule has 0 N–H and O–H groups in total. The summed E-state index contributed by atoms with van der Waals surface area (Å²) in [6.45, 7) is 8.04. The molecule has 0 amide bonds. The van der Waals surface area contributed by atoms with Crippen molar-refractivity contribution in [3.8, 4) is 11.3 Å². The first-order valence-electron chi connectivity index (χ1n) is 4.65. The molecular weight excluding hydrogens is 172 g/mol. The number of benzene rings is 1. The van der Waals surface area contributed by atoms with Crippen molar-refractivity contribution in [2.45, 2.75) is 13.8 Å². The summed E-state index contributed by atoms with van der Waals surface area (Å²) in [6, 6.07) is 8.18. The summed E-state index contributed by atoms with van der Waals surface area (Å²) in [5, 5.41) is 0. The number of furan rings is 1. The highest BCUT2D eigenvalue weighted by Crippen LogP contribution is 2.26. The minimum Gasteiger partial charge on any atom is -0.464 e. The first-order chi connectivity index (χ1) is 6.68. The number of hydrogen-bond donors (Lipinski definition) is 0. The molecule has 0 aliphatic carbocycles. The molecule has 1 heteroatoms. The average Bonchev–Trinajstić information content (AvgIpc) is 2.57. The lowest BCUT2D eigenvalue weighted by Crippen LogP contribution is -1.84. The normalized spacial score (nSPS) is 10.5. The third kappa shape index (κ3) is 1.46. The lowest BCUT2D eigenvalue weighted by Gasteiger charge is -2.04. The molecule has 0 bridgehead atoms. The van der Waals surface area contributed by atoms with Crippen LogP contribution in [0, 0.1) is 20.8 Å². The molecule has 2 aromatic rings. The monoisotopic (exact) mass is 185 g/mol. The molecule has 1 aromatic heterocycles. The molecule has 0 fully saturated rings. The van der Waals surface area contributed by atoms with E-state index in [2.05, 4.69) is 32.9 Å². The zero-order valence-electron chi connectivity index (χ0n) is 8.50. The molecule has 14 heavy (non-hydrogen) atoms. The Labute approximate surface area is 84.4 Å². The summed E-state index contributed by atoms with van der Waals surface area (Å²) in [5.74, 6) is 0.899. The van der Waals surface area contributed by atoms with Gasteiger partial charge in [0.05, 0.1) is 6.26 Å². The van der Waals surface area contributed by atoms with Gasteiger partial charge in [0.1, 0.15) is 5.76 Å². The first-order valence-corrected chi connectivity index (χ1v) is 4.65. The Morgan fingerprint density at radius 3 is 2.64 bits per heavy atom. The van der Waals surface area contributed by atoms with Crippen molar-refractivity contribution in [3.05, 3.63) is 54.1 Å². The van der Waals surface area contributed by atoms with Crippen LogP contribution in [0.2, 0.25) is 0 Å². The maximum Gasteiger partial charge on any atom is 0.134 e. The van der Waals surface area contributed by atoms with Crippen molar-refractivity contribution >= 4 is 0 Å². The molecule has 0 saturated carbocycles. The van der Waals surface area contributed by atoms with Crippen LogP contribution in [-0.4, -0.2) is 0 Å². The minimum atomic E-state index is 0.899. The predicted molar refractivity (Wildman–Crippen MR) is 58.1 cm³/mol. The first kappa shape index (κ1) is 9.07. The summed E-state index contributed by atoms with van der Waals surface area (Å²) >= 11 is 0. The molecule has 0 aliphatic rings. The third-order valence-electron chi connectivity index (χ3n) is 2.52. The van der Waals surface area contributed by atoms with Gasteiger partial charge in [0.25, 0.3) is 0 Å². The van der Waals surface area contributed by atoms with E-state index in [0.717, 1.165) is 16.9 Å². The molecule has 71 valence electrons. The molecule has 0 saturated heterocycles. The van der Waals surface area contributed by atoms with Gasteiger partial charge in [-0.3, -0.25) is 0 Å². The van der Waals surface area contributed by atoms with Crippen molar-refractivity contribution in [3.63, 3.8) is 0 Å². The molecule has 0 aliphatic heterocycles. The lowest BCUT2D eigenvalue weighted by atomic mass is 10.0. The summed E-state index contributed by atoms with van der Waals surface area (Å²) in [7, 11) is 0. The number of rotatable bonds is 1. The van der Waals surface area contributed by atoms with Crippen molar-refractivity contribution in [2.75, 3.05) is 0 Å². The number of hydrogen-bond acceptors (Lipinski definition) is 1. The van der Waals surface area contributed by atoms with Gasteiger partial charge in [-0.25, -0.2) is 0 Å². The van der Waals surface area contributed by atoms with Crippen LogP contribution in [0.15, 0.2) is 34.9 Å². The molecule has 1 heterocycles. The molecule has 1 nitrogen and oxygen atoms in total. The van der Waals surface area contributed by atoms with E-state index in [0.29, 0.717) is 0 Å². The van der Waals surface area contributed by atoms with Crippen LogP contribution in [0.4, 0.5) is 0 Å². The van der Waals surface area contributed by atoms with Crippen molar-refractivity contribution in [1.82, 2.24) is 0 Å². The second-order valence-electron chi connectivity index (χ2n) is 3.57. The van der Waals surface area contributed by atoms with Gasteiger partial charge in [0.2, 0.25) is 0 Å². The van der Waals surface area contributed by atoms with E-state index in [1.54, 1.807) is 6.26 Å². The average molecular weight is 185 g/mol. The van der Waals surface area contributed by atoms with Crippen LogP contribution < -0.4 is 0 Å². The molecule has 0 spiro atoms. The van der Waals surface area contributed by atoms with Gasteiger partial charge in [0.15, 0.2) is 0 Å². The second-order valence-corrected chi connectivity index (χ2v) is 3.57. The lowest BCUT2D eigenvalue weighted by molar-refractivity contribution is 0.581. The highest BCUT2D eigenvalue weighted by Gasteiger charge is 2.06. The van der Waals surface area contributed by atoms with Crippen molar-refractivity contribution in [1.29, 1.82) is 0 Å². The summed E-state index contributed by atoms with van der Waals surface area (Å²) in [6.07, 6.45) is 1.68. The van der Waals surface area contributed by atoms with Crippen LogP contribution >= 0.6 is 0 Å². The van der Waals surface area contributed by atoms with Gasteiger partial charge in [-0.1, -0.05) is 18.2 Å². The second kappa shape index (κ2) is 3.33. The largest absolute Gasteiger partial charge is 0.464 e. The van der Waals surface area contributed by atoms with E-state index < -0.39 is 0 Å². The Bertz CT molecular complexity index is 452. The maximum atomic E-state index is 5.42. The summed E-state index contributed by atoms with van der Waals surface area (Å²) in [5.41, 5.74) is 4.62. The third-order valence-corrected chi connectivity index (χ3v) is 2.52. The zero-order chi connectivity index (χ0) is 10.1. The molecule has 1 aromatic carbocycles. The molecule has 0 atom stereocenters. The smallest absolute Gasteiger partial charge is 0.134 e. The van der Waals surface area contributed by atoms with Crippen LogP contribution in [0.3, 0.4) is 0 Å². The van der Waals surface area contributed by atoms with Gasteiger partial charge < -0.3 is 4.42 Å². The summed E-state index contributed by atoms with van der Waals surface area (Å²) < 4.78 is 5.42. The zero-order valence-corrected chi connectivity index (χ0v) is 8.50. The minimum absolute atomic E-state index is 0.899. The maximum absolute atomic E-state index is 5.42. The SMILES string of the molecule is [CH2]c1coc(-c2cccc(C)c2C)c1. The Balaban J connectivity index is 2.57. The Hall–Kier alpha value is -1.50. The van der Waals surface area contributed by atoms with Crippen LogP contribution in [0.1, 0.15) is 16.7 Å². The van der Waals surface area contributed by atoms with Crippen molar-refractivity contribution < 1.29 is 4.42 Å². The fraction of sp³-hybridized carbons (Fsp3) is 0.154. The molecule has 1 radical (unpaired) electrons. The van der Waals surface area contributed by atoms with Crippen LogP contribution in [-0.2, 0) is 0 Å². The number of aryl methyl sites for hydroxylation is 1. The fourth-order valence-electron chi connectivity index (χ4n) is 1.53. The van der Waals surface area contributed by atoms with E-state index in [1.165, 1.54) is 11.1 Å². The molecular formula is C13H13O. The van der Waals surface area contributed by atoms with E-state index in [4.69, 9.17) is 4.42 Å². The highest BCUT2D eigenvalue weighted by atomic mass is 16.3. The Morgan fingerprint density at radius 2 is 2.00 bits per heavy atom. The fourth-order valence-corrected chi connectivity index (χ4v) is 1.53. The van der Waals surface area contributed by atoms with E-state index in [-0.39, 0.29) is 0 Å². The summed E-state index contributed by atoms with van der Waals surface area (Å²) in [4.78, 5) is 0. The van der Waals surface area contributed by atoms with Crippen LogP contribution in [0.5, 0.6) is 0 Å². The highest BCUT2D eigenvalue weighted by molar-refractivity contribution is 5.64. The van der Waals surface area contributed by atoms with Gasteiger partial charge in [0, 0.05) is 5.56 Å². The standard InChI is InChI=1S/C13H13O/c1-9-7-13(14-8-9)12-6-4-5-10(2)11(12)3/h4-8H,1H2,2-3H3.